The number of hydrogen-bond donors (Lipinski definition) is 1. The Bertz CT molecular complexity index is 704. The van der Waals surface area contributed by atoms with Crippen molar-refractivity contribution in [3.63, 3.8) is 0 Å². The Hall–Kier alpha value is -1.33. The second-order valence-electron chi connectivity index (χ2n) is 4.08. The fourth-order valence-corrected chi connectivity index (χ4v) is 2.37. The van der Waals surface area contributed by atoms with Crippen molar-refractivity contribution >= 4 is 27.5 Å². The number of nitrogens with one attached hydrogen (secondary N) is 1. The first-order valence-electron chi connectivity index (χ1n) is 5.83. The fraction of sp³-hybridized carbons (Fsp3) is 0.231. The quantitative estimate of drug-likeness (QED) is 0.871. The van der Waals surface area contributed by atoms with E-state index in [-0.39, 0.29) is 10.7 Å². The first kappa shape index (κ1) is 14.1. The Morgan fingerprint density at radius 3 is 2.47 bits per heavy atom. The molecule has 4 nitrogen and oxygen atoms in total. The van der Waals surface area contributed by atoms with Crippen LogP contribution in [-0.2, 0) is 6.54 Å². The molecule has 1 aromatic carbocycles. The van der Waals surface area contributed by atoms with Crippen LogP contribution in [0.3, 0.4) is 0 Å². The van der Waals surface area contributed by atoms with Gasteiger partial charge in [-0.05, 0) is 24.1 Å². The summed E-state index contributed by atoms with van der Waals surface area (Å²) >= 11 is 9.33. The normalized spacial score (nSPS) is 10.7. The molecule has 0 bridgehead atoms. The molecule has 0 amide bonds. The molecule has 2 rings (SSSR count). The standard InChI is InChI=1S/C13H12BrClN2O2/c1-2-7-17-12(18)10(11(15)16-13(17)19)8-3-5-9(14)6-4-8/h3-6H,2,7H2,1H3,(H,16,19). The summed E-state index contributed by atoms with van der Waals surface area (Å²) in [7, 11) is 0. The summed E-state index contributed by atoms with van der Waals surface area (Å²) in [6.45, 7) is 2.27. The van der Waals surface area contributed by atoms with Gasteiger partial charge < -0.3 is 0 Å². The van der Waals surface area contributed by atoms with Gasteiger partial charge in [0.2, 0.25) is 0 Å². The molecule has 19 heavy (non-hydrogen) atoms. The van der Waals surface area contributed by atoms with Crippen molar-refractivity contribution in [1.29, 1.82) is 0 Å². The van der Waals surface area contributed by atoms with E-state index in [1.54, 1.807) is 12.1 Å². The van der Waals surface area contributed by atoms with Crippen molar-refractivity contribution in [2.75, 3.05) is 0 Å². The van der Waals surface area contributed by atoms with Gasteiger partial charge in [0.1, 0.15) is 5.15 Å². The molecule has 1 heterocycles. The number of rotatable bonds is 3. The lowest BCUT2D eigenvalue weighted by Crippen LogP contribution is -2.36. The number of aromatic nitrogens is 2. The van der Waals surface area contributed by atoms with E-state index in [9.17, 15) is 9.59 Å². The molecular formula is C13H12BrClN2O2. The number of H-pyrrole nitrogens is 1. The van der Waals surface area contributed by atoms with Crippen molar-refractivity contribution in [3.8, 4) is 11.1 Å². The van der Waals surface area contributed by atoms with E-state index in [0.717, 1.165) is 4.47 Å². The number of halogens is 2. The Balaban J connectivity index is 2.70. The zero-order valence-corrected chi connectivity index (χ0v) is 12.6. The second kappa shape index (κ2) is 5.75. The van der Waals surface area contributed by atoms with Crippen LogP contribution in [0.15, 0.2) is 38.3 Å². The van der Waals surface area contributed by atoms with Gasteiger partial charge in [0.05, 0.1) is 5.56 Å². The second-order valence-corrected chi connectivity index (χ2v) is 5.38. The van der Waals surface area contributed by atoms with Gasteiger partial charge in [0, 0.05) is 11.0 Å². The Morgan fingerprint density at radius 2 is 1.89 bits per heavy atom. The van der Waals surface area contributed by atoms with Gasteiger partial charge in [-0.25, -0.2) is 4.79 Å². The predicted octanol–water partition coefficient (Wildman–Crippen LogP) is 3.03. The molecule has 0 atom stereocenters. The highest BCUT2D eigenvalue weighted by Crippen LogP contribution is 2.23. The van der Waals surface area contributed by atoms with E-state index in [1.165, 1.54) is 4.57 Å². The van der Waals surface area contributed by atoms with E-state index in [0.29, 0.717) is 24.1 Å². The van der Waals surface area contributed by atoms with Gasteiger partial charge in [0.25, 0.3) is 5.56 Å². The first-order chi connectivity index (χ1) is 9.04. The SMILES string of the molecule is CCCn1c(=O)[nH]c(Cl)c(-c2ccc(Br)cc2)c1=O. The van der Waals surface area contributed by atoms with E-state index in [4.69, 9.17) is 11.6 Å². The third-order valence-electron chi connectivity index (χ3n) is 2.72. The average molecular weight is 344 g/mol. The zero-order chi connectivity index (χ0) is 14.0. The molecule has 0 radical (unpaired) electrons. The Kier molecular flexibility index (Phi) is 4.27. The van der Waals surface area contributed by atoms with Crippen LogP contribution in [0.5, 0.6) is 0 Å². The highest BCUT2D eigenvalue weighted by Gasteiger charge is 2.14. The van der Waals surface area contributed by atoms with Crippen LogP contribution >= 0.6 is 27.5 Å². The van der Waals surface area contributed by atoms with E-state index >= 15 is 0 Å². The third kappa shape index (κ3) is 2.82. The minimum Gasteiger partial charge on any atom is -0.297 e. The predicted molar refractivity (Wildman–Crippen MR) is 79.8 cm³/mol. The monoisotopic (exact) mass is 342 g/mol. The summed E-state index contributed by atoms with van der Waals surface area (Å²) in [4.78, 5) is 26.5. The molecule has 0 aliphatic rings. The van der Waals surface area contributed by atoms with Gasteiger partial charge in [-0.3, -0.25) is 14.3 Å². The number of aromatic amines is 1. The van der Waals surface area contributed by atoms with Crippen molar-refractivity contribution in [1.82, 2.24) is 9.55 Å². The Labute approximate surface area is 123 Å². The van der Waals surface area contributed by atoms with Gasteiger partial charge in [0.15, 0.2) is 0 Å². The Morgan fingerprint density at radius 1 is 1.26 bits per heavy atom. The van der Waals surface area contributed by atoms with Crippen LogP contribution in [0.2, 0.25) is 5.15 Å². The molecule has 0 saturated carbocycles. The van der Waals surface area contributed by atoms with Crippen LogP contribution in [0, 0.1) is 0 Å². The molecule has 100 valence electrons. The third-order valence-corrected chi connectivity index (χ3v) is 3.53. The highest BCUT2D eigenvalue weighted by molar-refractivity contribution is 9.10. The molecule has 0 unspecified atom stereocenters. The molecule has 0 aliphatic heterocycles. The molecule has 6 heteroatoms. The zero-order valence-electron chi connectivity index (χ0n) is 10.2. The van der Waals surface area contributed by atoms with Crippen LogP contribution in [0.4, 0.5) is 0 Å². The molecule has 2 aromatic rings. The molecule has 0 spiro atoms. The van der Waals surface area contributed by atoms with Crippen LogP contribution in [0.25, 0.3) is 11.1 Å². The van der Waals surface area contributed by atoms with Crippen LogP contribution < -0.4 is 11.2 Å². The summed E-state index contributed by atoms with van der Waals surface area (Å²) in [6.07, 6.45) is 0.699. The smallest absolute Gasteiger partial charge is 0.297 e. The largest absolute Gasteiger partial charge is 0.329 e. The maximum absolute atomic E-state index is 12.3. The molecule has 0 aliphatic carbocycles. The average Bonchev–Trinajstić information content (AvgIpc) is 2.36. The van der Waals surface area contributed by atoms with Crippen molar-refractivity contribution in [2.24, 2.45) is 0 Å². The molecule has 0 fully saturated rings. The summed E-state index contributed by atoms with van der Waals surface area (Å²) in [5.74, 6) is 0. The first-order valence-corrected chi connectivity index (χ1v) is 7.00. The van der Waals surface area contributed by atoms with Gasteiger partial charge >= 0.3 is 5.69 Å². The molecular weight excluding hydrogens is 332 g/mol. The summed E-state index contributed by atoms with van der Waals surface area (Å²) in [6, 6.07) is 7.20. The molecule has 0 saturated heterocycles. The van der Waals surface area contributed by atoms with Gasteiger partial charge in [-0.2, -0.15) is 0 Å². The molecule has 1 N–H and O–H groups in total. The lowest BCUT2D eigenvalue weighted by molar-refractivity contribution is 0.617. The van der Waals surface area contributed by atoms with E-state index < -0.39 is 5.69 Å². The van der Waals surface area contributed by atoms with E-state index in [1.807, 2.05) is 19.1 Å². The maximum Gasteiger partial charge on any atom is 0.329 e. The van der Waals surface area contributed by atoms with Crippen LogP contribution in [0.1, 0.15) is 13.3 Å². The van der Waals surface area contributed by atoms with Crippen molar-refractivity contribution in [2.45, 2.75) is 19.9 Å². The topological polar surface area (TPSA) is 54.9 Å². The summed E-state index contributed by atoms with van der Waals surface area (Å²) in [5, 5.41) is 0.0738. The molecule has 1 aromatic heterocycles. The van der Waals surface area contributed by atoms with Gasteiger partial charge in [-0.15, -0.1) is 0 Å². The minimum atomic E-state index is -0.474. The lowest BCUT2D eigenvalue weighted by Gasteiger charge is -2.08. The summed E-state index contributed by atoms with van der Waals surface area (Å²) in [5.41, 5.74) is 0.164. The number of hydrogen-bond acceptors (Lipinski definition) is 2. The number of nitrogens with zero attached hydrogens (tertiary/aromatic N) is 1. The van der Waals surface area contributed by atoms with Crippen molar-refractivity contribution in [3.05, 3.63) is 54.7 Å². The maximum atomic E-state index is 12.3. The lowest BCUT2D eigenvalue weighted by atomic mass is 10.1. The van der Waals surface area contributed by atoms with Crippen molar-refractivity contribution < 1.29 is 0 Å². The number of benzene rings is 1. The fourth-order valence-electron chi connectivity index (χ4n) is 1.84. The minimum absolute atomic E-state index is 0.0738. The van der Waals surface area contributed by atoms with E-state index in [2.05, 4.69) is 20.9 Å². The highest BCUT2D eigenvalue weighted by atomic mass is 79.9. The van der Waals surface area contributed by atoms with Crippen LogP contribution in [-0.4, -0.2) is 9.55 Å². The summed E-state index contributed by atoms with van der Waals surface area (Å²) < 4.78 is 2.08. The van der Waals surface area contributed by atoms with Gasteiger partial charge in [-0.1, -0.05) is 46.6 Å².